The second-order valence-electron chi connectivity index (χ2n) is 6.57. The molecule has 0 aliphatic rings. The fourth-order valence-corrected chi connectivity index (χ4v) is 2.77. The lowest BCUT2D eigenvalue weighted by atomic mass is 10.0. The van der Waals surface area contributed by atoms with Crippen LogP contribution in [0.1, 0.15) is 46.8 Å². The van der Waals surface area contributed by atoms with Crippen molar-refractivity contribution in [3.05, 3.63) is 70.8 Å². The first-order chi connectivity index (χ1) is 11.5. The Morgan fingerprint density at radius 3 is 2.38 bits per heavy atom. The van der Waals surface area contributed by atoms with Gasteiger partial charge in [0.1, 0.15) is 0 Å². The third-order valence-corrected chi connectivity index (χ3v) is 4.30. The van der Waals surface area contributed by atoms with Crippen LogP contribution in [0.2, 0.25) is 0 Å². The van der Waals surface area contributed by atoms with E-state index in [9.17, 15) is 4.79 Å². The van der Waals surface area contributed by atoms with E-state index >= 15 is 0 Å². The van der Waals surface area contributed by atoms with Crippen molar-refractivity contribution in [1.29, 1.82) is 0 Å². The molecule has 3 heteroatoms. The number of carbonyl (C=O) groups is 1. The second kappa shape index (κ2) is 8.65. The van der Waals surface area contributed by atoms with Gasteiger partial charge < -0.3 is 10.2 Å². The van der Waals surface area contributed by atoms with Crippen LogP contribution in [0.4, 0.5) is 0 Å². The van der Waals surface area contributed by atoms with E-state index in [0.29, 0.717) is 12.5 Å². The van der Waals surface area contributed by atoms with Gasteiger partial charge in [0.2, 0.25) is 0 Å². The van der Waals surface area contributed by atoms with Crippen molar-refractivity contribution in [2.24, 2.45) is 0 Å². The van der Waals surface area contributed by atoms with Crippen LogP contribution in [0, 0.1) is 0 Å². The molecular formula is C21H28N2O. The molecule has 0 spiro atoms. The van der Waals surface area contributed by atoms with E-state index < -0.39 is 0 Å². The summed E-state index contributed by atoms with van der Waals surface area (Å²) >= 11 is 0. The Bertz CT molecular complexity index is 662. The zero-order valence-corrected chi connectivity index (χ0v) is 15.2. The maximum Gasteiger partial charge on any atom is 0.254 e. The van der Waals surface area contributed by atoms with Gasteiger partial charge in [-0.15, -0.1) is 0 Å². The summed E-state index contributed by atoms with van der Waals surface area (Å²) in [6.45, 7) is 5.86. The molecule has 2 aromatic carbocycles. The van der Waals surface area contributed by atoms with Gasteiger partial charge in [-0.1, -0.05) is 56.3 Å². The van der Waals surface area contributed by atoms with E-state index in [4.69, 9.17) is 0 Å². The van der Waals surface area contributed by atoms with E-state index in [1.54, 1.807) is 4.90 Å². The molecule has 0 saturated heterocycles. The molecule has 1 amide bonds. The van der Waals surface area contributed by atoms with Crippen LogP contribution in [0.5, 0.6) is 0 Å². The highest BCUT2D eigenvalue weighted by Gasteiger charge is 2.15. The van der Waals surface area contributed by atoms with Gasteiger partial charge in [0.25, 0.3) is 5.91 Å². The van der Waals surface area contributed by atoms with Crippen LogP contribution < -0.4 is 5.32 Å². The van der Waals surface area contributed by atoms with Crippen LogP contribution in [0.15, 0.2) is 48.5 Å². The molecule has 0 saturated carbocycles. The van der Waals surface area contributed by atoms with Crippen LogP contribution in [-0.4, -0.2) is 31.4 Å². The van der Waals surface area contributed by atoms with Gasteiger partial charge in [0, 0.05) is 19.2 Å². The van der Waals surface area contributed by atoms with Crippen molar-refractivity contribution in [2.45, 2.75) is 32.7 Å². The zero-order valence-electron chi connectivity index (χ0n) is 15.2. The molecule has 0 bridgehead atoms. The first-order valence-electron chi connectivity index (χ1n) is 8.59. The largest absolute Gasteiger partial charge is 0.337 e. The third kappa shape index (κ3) is 4.68. The molecule has 2 aromatic rings. The topological polar surface area (TPSA) is 32.3 Å². The molecule has 0 aliphatic heterocycles. The minimum Gasteiger partial charge on any atom is -0.337 e. The molecule has 24 heavy (non-hydrogen) atoms. The third-order valence-electron chi connectivity index (χ3n) is 4.30. The lowest BCUT2D eigenvalue weighted by molar-refractivity contribution is 0.0784. The minimum absolute atomic E-state index is 0.0784. The lowest BCUT2D eigenvalue weighted by Crippen LogP contribution is -2.27. The van der Waals surface area contributed by atoms with Crippen molar-refractivity contribution in [2.75, 3.05) is 20.6 Å². The minimum atomic E-state index is 0.0784. The fourth-order valence-electron chi connectivity index (χ4n) is 2.77. The average molecular weight is 324 g/mol. The van der Waals surface area contributed by atoms with Crippen molar-refractivity contribution in [3.8, 4) is 0 Å². The number of carbonyl (C=O) groups excluding carboxylic acids is 1. The van der Waals surface area contributed by atoms with Crippen LogP contribution in [0.3, 0.4) is 0 Å². The van der Waals surface area contributed by atoms with Crippen LogP contribution in [-0.2, 0) is 13.0 Å². The number of nitrogens with zero attached hydrogens (tertiary/aromatic N) is 1. The van der Waals surface area contributed by atoms with Gasteiger partial charge in [-0.05, 0) is 48.7 Å². The molecule has 0 atom stereocenters. The Balaban J connectivity index is 2.09. The predicted molar refractivity (Wildman–Crippen MR) is 100 cm³/mol. The molecule has 2 rings (SSSR count). The average Bonchev–Trinajstić information content (AvgIpc) is 2.60. The van der Waals surface area contributed by atoms with Crippen molar-refractivity contribution < 1.29 is 4.79 Å². The quantitative estimate of drug-likeness (QED) is 0.839. The molecule has 0 fully saturated rings. The van der Waals surface area contributed by atoms with Crippen LogP contribution in [0.25, 0.3) is 0 Å². The molecule has 3 nitrogen and oxygen atoms in total. The fraction of sp³-hybridized carbons (Fsp3) is 0.381. The predicted octanol–water partition coefficient (Wildman–Crippen LogP) is 3.84. The Morgan fingerprint density at radius 2 is 1.75 bits per heavy atom. The second-order valence-corrected chi connectivity index (χ2v) is 6.57. The number of hydrogen-bond donors (Lipinski definition) is 1. The normalized spacial score (nSPS) is 10.9. The van der Waals surface area contributed by atoms with Gasteiger partial charge >= 0.3 is 0 Å². The first kappa shape index (κ1) is 18.2. The summed E-state index contributed by atoms with van der Waals surface area (Å²) in [4.78, 5) is 14.6. The van der Waals surface area contributed by atoms with Crippen molar-refractivity contribution in [1.82, 2.24) is 10.2 Å². The molecule has 0 heterocycles. The van der Waals surface area contributed by atoms with Crippen molar-refractivity contribution >= 4 is 5.91 Å². The molecule has 0 radical (unpaired) electrons. The van der Waals surface area contributed by atoms with Gasteiger partial charge in [0.15, 0.2) is 0 Å². The van der Waals surface area contributed by atoms with E-state index in [1.165, 1.54) is 5.56 Å². The highest BCUT2D eigenvalue weighted by Crippen LogP contribution is 2.17. The summed E-state index contributed by atoms with van der Waals surface area (Å²) in [7, 11) is 3.80. The summed E-state index contributed by atoms with van der Waals surface area (Å²) in [5.41, 5.74) is 4.38. The SMILES string of the molecule is CNCCc1ccccc1C(=O)N(C)Cc1ccc(C(C)C)cc1. The standard InChI is InChI=1S/C21H28N2O/c1-16(2)18-11-9-17(10-12-18)15-23(4)21(24)20-8-6-5-7-19(20)13-14-22-3/h5-12,16,22H,13-15H2,1-4H3. The van der Waals surface area contributed by atoms with Crippen molar-refractivity contribution in [3.63, 3.8) is 0 Å². The first-order valence-corrected chi connectivity index (χ1v) is 8.59. The molecule has 0 aromatic heterocycles. The summed E-state index contributed by atoms with van der Waals surface area (Å²) in [6, 6.07) is 16.4. The number of amides is 1. The molecular weight excluding hydrogens is 296 g/mol. The monoisotopic (exact) mass is 324 g/mol. The van der Waals surface area contributed by atoms with E-state index in [-0.39, 0.29) is 5.91 Å². The Labute approximate surface area is 145 Å². The van der Waals surface area contributed by atoms with E-state index in [2.05, 4.69) is 43.4 Å². The molecule has 0 aliphatic carbocycles. The van der Waals surface area contributed by atoms with Gasteiger partial charge in [-0.25, -0.2) is 0 Å². The molecule has 0 unspecified atom stereocenters. The highest BCUT2D eigenvalue weighted by molar-refractivity contribution is 5.95. The number of benzene rings is 2. The summed E-state index contributed by atoms with van der Waals surface area (Å²) in [5, 5.41) is 3.14. The smallest absolute Gasteiger partial charge is 0.254 e. The Hall–Kier alpha value is -2.13. The van der Waals surface area contributed by atoms with E-state index in [1.807, 2.05) is 38.4 Å². The Morgan fingerprint density at radius 1 is 1.08 bits per heavy atom. The summed E-state index contributed by atoms with van der Waals surface area (Å²) in [6.07, 6.45) is 0.856. The number of likely N-dealkylation sites (N-methyl/N-ethyl adjacent to an activating group) is 1. The number of hydrogen-bond acceptors (Lipinski definition) is 2. The van der Waals surface area contributed by atoms with Gasteiger partial charge in [0.05, 0.1) is 0 Å². The highest BCUT2D eigenvalue weighted by atomic mass is 16.2. The molecule has 128 valence electrons. The van der Waals surface area contributed by atoms with Gasteiger partial charge in [-0.2, -0.15) is 0 Å². The molecule has 1 N–H and O–H groups in total. The number of nitrogens with one attached hydrogen (secondary N) is 1. The number of rotatable bonds is 7. The summed E-state index contributed by atoms with van der Waals surface area (Å²) in [5.74, 6) is 0.604. The maximum atomic E-state index is 12.8. The van der Waals surface area contributed by atoms with Crippen LogP contribution >= 0.6 is 0 Å². The maximum absolute atomic E-state index is 12.8. The Kier molecular flexibility index (Phi) is 6.56. The van der Waals surface area contributed by atoms with Gasteiger partial charge in [-0.3, -0.25) is 4.79 Å². The zero-order chi connectivity index (χ0) is 17.5. The van der Waals surface area contributed by atoms with E-state index in [0.717, 1.165) is 29.7 Å². The summed E-state index contributed by atoms with van der Waals surface area (Å²) < 4.78 is 0. The lowest BCUT2D eigenvalue weighted by Gasteiger charge is -2.19.